The Morgan fingerprint density at radius 2 is 1.96 bits per heavy atom. The van der Waals surface area contributed by atoms with Crippen molar-refractivity contribution in [2.75, 3.05) is 41.3 Å². The minimum atomic E-state index is -3.77. The quantitative estimate of drug-likeness (QED) is 0.671. The number of aromatic nitrogens is 1. The molecule has 2 rings (SSSR count). The highest BCUT2D eigenvalue weighted by Gasteiger charge is 2.24. The van der Waals surface area contributed by atoms with Crippen LogP contribution >= 0.6 is 0 Å². The van der Waals surface area contributed by atoms with Crippen LogP contribution in [0.1, 0.15) is 11.6 Å². The number of nitrogens with zero attached hydrogens (tertiary/aromatic N) is 3. The minimum Gasteiger partial charge on any atom is -0.497 e. The van der Waals surface area contributed by atoms with Crippen LogP contribution in [0.15, 0.2) is 53.7 Å². The second-order valence-corrected chi connectivity index (χ2v) is 8.55. The molecule has 0 aliphatic heterocycles. The summed E-state index contributed by atoms with van der Waals surface area (Å²) in [5.74, 6) is 0.350. The second kappa shape index (κ2) is 9.63. The summed E-state index contributed by atoms with van der Waals surface area (Å²) < 4.78 is 31.2. The lowest BCUT2D eigenvalue weighted by atomic mass is 10.1. The van der Waals surface area contributed by atoms with Crippen molar-refractivity contribution in [1.82, 2.24) is 19.5 Å². The summed E-state index contributed by atoms with van der Waals surface area (Å²) in [7, 11) is 3.03. The number of hydrogen-bond acceptors (Lipinski definition) is 6. The Balaban J connectivity index is 2.01. The first-order valence-electron chi connectivity index (χ1n) is 8.69. The number of pyridine rings is 1. The van der Waals surface area contributed by atoms with Crippen molar-refractivity contribution in [1.29, 1.82) is 0 Å². The van der Waals surface area contributed by atoms with E-state index in [-0.39, 0.29) is 23.4 Å². The standard InChI is InChI=1S/C19H26N4O4S/c1-22(2)18(15-7-5-8-16(11-15)27-4)13-21-19(24)14-23(3)28(25,26)17-9-6-10-20-12-17/h5-12,18H,13-14H2,1-4H3,(H,21,24). The number of amides is 1. The first-order valence-corrected chi connectivity index (χ1v) is 10.1. The van der Waals surface area contributed by atoms with Crippen molar-refractivity contribution >= 4 is 15.9 Å². The Labute approximate surface area is 166 Å². The summed E-state index contributed by atoms with van der Waals surface area (Å²) in [5, 5.41) is 2.81. The molecule has 8 nitrogen and oxygen atoms in total. The predicted molar refractivity (Wildman–Crippen MR) is 106 cm³/mol. The van der Waals surface area contributed by atoms with Gasteiger partial charge in [0.1, 0.15) is 10.6 Å². The molecule has 0 fully saturated rings. The van der Waals surface area contributed by atoms with E-state index in [0.717, 1.165) is 15.6 Å². The van der Waals surface area contributed by atoms with E-state index in [2.05, 4.69) is 10.3 Å². The van der Waals surface area contributed by atoms with Crippen molar-refractivity contribution in [3.8, 4) is 5.75 Å². The molecule has 0 spiro atoms. The first-order chi connectivity index (χ1) is 13.3. The zero-order chi connectivity index (χ0) is 20.7. The van der Waals surface area contributed by atoms with E-state index in [0.29, 0.717) is 6.54 Å². The van der Waals surface area contributed by atoms with E-state index in [1.807, 2.05) is 43.3 Å². The number of methoxy groups -OCH3 is 1. The number of carbonyl (C=O) groups excluding carboxylic acids is 1. The van der Waals surface area contributed by atoms with Crippen molar-refractivity contribution in [3.05, 3.63) is 54.4 Å². The number of nitrogens with one attached hydrogen (secondary N) is 1. The molecule has 1 aromatic heterocycles. The third-order valence-corrected chi connectivity index (χ3v) is 6.09. The van der Waals surface area contributed by atoms with Crippen LogP contribution in [0.5, 0.6) is 5.75 Å². The average Bonchev–Trinajstić information content (AvgIpc) is 2.68. The van der Waals surface area contributed by atoms with Crippen molar-refractivity contribution in [3.63, 3.8) is 0 Å². The molecule has 152 valence electrons. The maximum atomic E-state index is 12.5. The molecule has 0 radical (unpaired) electrons. The van der Waals surface area contributed by atoms with E-state index in [9.17, 15) is 13.2 Å². The van der Waals surface area contributed by atoms with Crippen LogP contribution in [0, 0.1) is 0 Å². The van der Waals surface area contributed by atoms with Gasteiger partial charge in [-0.2, -0.15) is 4.31 Å². The number of hydrogen-bond donors (Lipinski definition) is 1. The largest absolute Gasteiger partial charge is 0.497 e. The Bertz CT molecular complexity index is 888. The lowest BCUT2D eigenvalue weighted by Gasteiger charge is -2.26. The lowest BCUT2D eigenvalue weighted by molar-refractivity contribution is -0.121. The maximum Gasteiger partial charge on any atom is 0.244 e. The molecule has 1 N–H and O–H groups in total. The molecule has 0 saturated heterocycles. The Kier molecular flexibility index (Phi) is 7.50. The highest BCUT2D eigenvalue weighted by atomic mass is 32.2. The van der Waals surface area contributed by atoms with E-state index in [4.69, 9.17) is 4.74 Å². The Hall–Kier alpha value is -2.49. The van der Waals surface area contributed by atoms with Gasteiger partial charge in [0, 0.05) is 26.0 Å². The molecule has 28 heavy (non-hydrogen) atoms. The second-order valence-electron chi connectivity index (χ2n) is 6.51. The van der Waals surface area contributed by atoms with Gasteiger partial charge in [-0.1, -0.05) is 12.1 Å². The number of rotatable bonds is 9. The molecule has 0 bridgehead atoms. The van der Waals surface area contributed by atoms with Gasteiger partial charge in [0.15, 0.2) is 0 Å². The fourth-order valence-electron chi connectivity index (χ4n) is 2.68. The number of sulfonamides is 1. The molecule has 1 unspecified atom stereocenters. The van der Waals surface area contributed by atoms with Gasteiger partial charge in [0.05, 0.1) is 19.7 Å². The molecule has 2 aromatic rings. The average molecular weight is 407 g/mol. The number of ether oxygens (including phenoxy) is 1. The maximum absolute atomic E-state index is 12.5. The molecule has 0 saturated carbocycles. The van der Waals surface area contributed by atoms with Gasteiger partial charge in [0.2, 0.25) is 15.9 Å². The zero-order valence-corrected chi connectivity index (χ0v) is 17.3. The molecule has 1 amide bonds. The summed E-state index contributed by atoms with van der Waals surface area (Å²) in [6, 6.07) is 10.5. The topological polar surface area (TPSA) is 91.8 Å². The molecule has 0 aliphatic rings. The van der Waals surface area contributed by atoms with E-state index >= 15 is 0 Å². The molecule has 0 aliphatic carbocycles. The zero-order valence-electron chi connectivity index (χ0n) is 16.5. The Morgan fingerprint density at radius 1 is 1.21 bits per heavy atom. The van der Waals surface area contributed by atoms with Gasteiger partial charge >= 0.3 is 0 Å². The van der Waals surface area contributed by atoms with Crippen LogP contribution in [-0.2, 0) is 14.8 Å². The number of benzene rings is 1. The lowest BCUT2D eigenvalue weighted by Crippen LogP contribution is -2.41. The van der Waals surface area contributed by atoms with Crippen LogP contribution in [0.3, 0.4) is 0 Å². The molecular weight excluding hydrogens is 380 g/mol. The van der Waals surface area contributed by atoms with Crippen LogP contribution in [-0.4, -0.2) is 69.9 Å². The monoisotopic (exact) mass is 406 g/mol. The summed E-state index contributed by atoms with van der Waals surface area (Å²) in [6.45, 7) is 0.0509. The van der Waals surface area contributed by atoms with Crippen LogP contribution in [0.2, 0.25) is 0 Å². The van der Waals surface area contributed by atoms with Gasteiger partial charge in [-0.15, -0.1) is 0 Å². The van der Waals surface area contributed by atoms with Crippen LogP contribution in [0.25, 0.3) is 0 Å². The molecule has 1 atom stereocenters. The number of likely N-dealkylation sites (N-methyl/N-ethyl adjacent to an activating group) is 2. The van der Waals surface area contributed by atoms with E-state index < -0.39 is 10.0 Å². The SMILES string of the molecule is COc1cccc(C(CNC(=O)CN(C)S(=O)(=O)c2cccnc2)N(C)C)c1. The highest BCUT2D eigenvalue weighted by Crippen LogP contribution is 2.22. The van der Waals surface area contributed by atoms with Crippen molar-refractivity contribution in [2.24, 2.45) is 0 Å². The van der Waals surface area contributed by atoms with Crippen LogP contribution in [0.4, 0.5) is 0 Å². The first kappa shape index (κ1) is 21.8. The normalized spacial score (nSPS) is 12.8. The summed E-state index contributed by atoms with van der Waals surface area (Å²) in [6.07, 6.45) is 2.75. The summed E-state index contributed by atoms with van der Waals surface area (Å²) >= 11 is 0. The molecule has 1 aromatic carbocycles. The fraction of sp³-hybridized carbons (Fsp3) is 0.368. The van der Waals surface area contributed by atoms with Gasteiger partial charge in [-0.3, -0.25) is 9.78 Å². The van der Waals surface area contributed by atoms with Crippen molar-refractivity contribution < 1.29 is 17.9 Å². The van der Waals surface area contributed by atoms with Gasteiger partial charge < -0.3 is 15.0 Å². The minimum absolute atomic E-state index is 0.0489. The van der Waals surface area contributed by atoms with E-state index in [1.165, 1.54) is 31.6 Å². The molecular formula is C19H26N4O4S. The third-order valence-electron chi connectivity index (χ3n) is 4.30. The van der Waals surface area contributed by atoms with Crippen LogP contribution < -0.4 is 10.1 Å². The smallest absolute Gasteiger partial charge is 0.244 e. The summed E-state index contributed by atoms with van der Waals surface area (Å²) in [5.41, 5.74) is 0.987. The van der Waals surface area contributed by atoms with Gasteiger partial charge in [-0.05, 0) is 43.9 Å². The summed E-state index contributed by atoms with van der Waals surface area (Å²) in [4.78, 5) is 18.2. The van der Waals surface area contributed by atoms with Gasteiger partial charge in [0.25, 0.3) is 0 Å². The Morgan fingerprint density at radius 3 is 2.57 bits per heavy atom. The molecule has 9 heteroatoms. The number of carbonyl (C=O) groups is 1. The predicted octanol–water partition coefficient (Wildman–Crippen LogP) is 1.13. The van der Waals surface area contributed by atoms with E-state index in [1.54, 1.807) is 7.11 Å². The van der Waals surface area contributed by atoms with Crippen molar-refractivity contribution in [2.45, 2.75) is 10.9 Å². The van der Waals surface area contributed by atoms with Gasteiger partial charge in [-0.25, -0.2) is 8.42 Å². The highest BCUT2D eigenvalue weighted by molar-refractivity contribution is 7.89. The fourth-order valence-corrected chi connectivity index (χ4v) is 3.77. The third kappa shape index (κ3) is 5.51. The molecule has 1 heterocycles.